The lowest BCUT2D eigenvalue weighted by Crippen LogP contribution is -2.28. The SMILES string of the molecule is CC1(O)CC=CC(O)=C1c1ccccc1. The second-order valence-corrected chi connectivity index (χ2v) is 4.01. The first-order valence-corrected chi connectivity index (χ1v) is 4.99. The third-order valence-electron chi connectivity index (χ3n) is 2.65. The van der Waals surface area contributed by atoms with Crippen LogP contribution < -0.4 is 0 Å². The molecule has 2 heteroatoms. The summed E-state index contributed by atoms with van der Waals surface area (Å²) in [5.74, 6) is 0.150. The molecule has 2 rings (SSSR count). The van der Waals surface area contributed by atoms with E-state index in [0.29, 0.717) is 12.0 Å². The Morgan fingerprint density at radius 3 is 2.47 bits per heavy atom. The van der Waals surface area contributed by atoms with Gasteiger partial charge in [0.25, 0.3) is 0 Å². The molecule has 15 heavy (non-hydrogen) atoms. The minimum atomic E-state index is -0.986. The highest BCUT2D eigenvalue weighted by Crippen LogP contribution is 2.35. The van der Waals surface area contributed by atoms with E-state index in [-0.39, 0.29) is 5.76 Å². The highest BCUT2D eigenvalue weighted by Gasteiger charge is 2.30. The van der Waals surface area contributed by atoms with E-state index >= 15 is 0 Å². The maximum atomic E-state index is 10.2. The number of aliphatic hydroxyl groups excluding tert-OH is 1. The molecule has 1 aromatic rings. The van der Waals surface area contributed by atoms with Crippen molar-refractivity contribution in [2.24, 2.45) is 0 Å². The molecule has 78 valence electrons. The van der Waals surface area contributed by atoms with E-state index in [0.717, 1.165) is 5.56 Å². The minimum absolute atomic E-state index is 0.150. The van der Waals surface area contributed by atoms with Gasteiger partial charge in [0.1, 0.15) is 5.76 Å². The second-order valence-electron chi connectivity index (χ2n) is 4.01. The average molecular weight is 202 g/mol. The van der Waals surface area contributed by atoms with Gasteiger partial charge in [0.15, 0.2) is 0 Å². The lowest BCUT2D eigenvalue weighted by molar-refractivity contribution is 0.121. The van der Waals surface area contributed by atoms with Gasteiger partial charge in [-0.3, -0.25) is 0 Å². The fourth-order valence-electron chi connectivity index (χ4n) is 1.92. The molecule has 0 fully saturated rings. The molecule has 0 heterocycles. The summed E-state index contributed by atoms with van der Waals surface area (Å²) < 4.78 is 0. The summed E-state index contributed by atoms with van der Waals surface area (Å²) in [5.41, 5.74) is 0.482. The van der Waals surface area contributed by atoms with Gasteiger partial charge in [-0.2, -0.15) is 0 Å². The Hall–Kier alpha value is -1.54. The Morgan fingerprint density at radius 2 is 1.87 bits per heavy atom. The van der Waals surface area contributed by atoms with Gasteiger partial charge in [0.05, 0.1) is 5.60 Å². The molecule has 0 aromatic heterocycles. The third kappa shape index (κ3) is 1.81. The molecule has 1 unspecified atom stereocenters. The smallest absolute Gasteiger partial charge is 0.121 e. The summed E-state index contributed by atoms with van der Waals surface area (Å²) in [5, 5.41) is 20.0. The maximum Gasteiger partial charge on any atom is 0.121 e. The molecule has 0 spiro atoms. The van der Waals surface area contributed by atoms with Crippen LogP contribution in [-0.2, 0) is 0 Å². The summed E-state index contributed by atoms with van der Waals surface area (Å²) in [6.45, 7) is 1.72. The van der Waals surface area contributed by atoms with Gasteiger partial charge in [-0.1, -0.05) is 36.4 Å². The van der Waals surface area contributed by atoms with Crippen molar-refractivity contribution in [1.29, 1.82) is 0 Å². The van der Waals surface area contributed by atoms with E-state index in [2.05, 4.69) is 0 Å². The van der Waals surface area contributed by atoms with Crippen molar-refractivity contribution in [3.05, 3.63) is 53.8 Å². The topological polar surface area (TPSA) is 40.5 Å². The molecule has 1 aromatic carbocycles. The highest BCUT2D eigenvalue weighted by molar-refractivity contribution is 5.76. The summed E-state index contributed by atoms with van der Waals surface area (Å²) >= 11 is 0. The van der Waals surface area contributed by atoms with Gasteiger partial charge < -0.3 is 10.2 Å². The molecule has 0 bridgehead atoms. The first-order chi connectivity index (χ1) is 7.11. The predicted molar refractivity (Wildman–Crippen MR) is 60.4 cm³/mol. The zero-order valence-corrected chi connectivity index (χ0v) is 8.64. The molecule has 0 aliphatic heterocycles. The number of benzene rings is 1. The molecule has 1 aliphatic rings. The Morgan fingerprint density at radius 1 is 1.20 bits per heavy atom. The average Bonchev–Trinajstić information content (AvgIpc) is 2.17. The van der Waals surface area contributed by atoms with Crippen molar-refractivity contribution in [2.75, 3.05) is 0 Å². The van der Waals surface area contributed by atoms with Crippen LogP contribution in [-0.4, -0.2) is 15.8 Å². The van der Waals surface area contributed by atoms with Crippen molar-refractivity contribution in [3.63, 3.8) is 0 Å². The third-order valence-corrected chi connectivity index (χ3v) is 2.65. The van der Waals surface area contributed by atoms with Crippen LogP contribution in [0.15, 0.2) is 48.2 Å². The summed E-state index contributed by atoms with van der Waals surface area (Å²) in [7, 11) is 0. The van der Waals surface area contributed by atoms with Gasteiger partial charge in [-0.25, -0.2) is 0 Å². The molecule has 1 aliphatic carbocycles. The summed E-state index contributed by atoms with van der Waals surface area (Å²) in [6.07, 6.45) is 3.95. The minimum Gasteiger partial charge on any atom is -0.508 e. The van der Waals surface area contributed by atoms with E-state index in [1.54, 1.807) is 19.1 Å². The van der Waals surface area contributed by atoms with Crippen LogP contribution in [0.2, 0.25) is 0 Å². The zero-order chi connectivity index (χ0) is 10.9. The Bertz CT molecular complexity index is 413. The van der Waals surface area contributed by atoms with Crippen LogP contribution in [0.3, 0.4) is 0 Å². The largest absolute Gasteiger partial charge is 0.508 e. The first-order valence-electron chi connectivity index (χ1n) is 4.99. The van der Waals surface area contributed by atoms with Gasteiger partial charge >= 0.3 is 0 Å². The lowest BCUT2D eigenvalue weighted by Gasteiger charge is -2.28. The van der Waals surface area contributed by atoms with Crippen molar-refractivity contribution in [2.45, 2.75) is 18.9 Å². The summed E-state index contributed by atoms with van der Waals surface area (Å²) in [6, 6.07) is 9.47. The van der Waals surface area contributed by atoms with Crippen LogP contribution in [0.5, 0.6) is 0 Å². The van der Waals surface area contributed by atoms with E-state index in [1.165, 1.54) is 0 Å². The van der Waals surface area contributed by atoms with Crippen LogP contribution in [0.4, 0.5) is 0 Å². The Balaban J connectivity index is 2.54. The van der Waals surface area contributed by atoms with Crippen molar-refractivity contribution in [1.82, 2.24) is 0 Å². The number of hydrogen-bond donors (Lipinski definition) is 2. The number of rotatable bonds is 1. The fourth-order valence-corrected chi connectivity index (χ4v) is 1.92. The van der Waals surface area contributed by atoms with Gasteiger partial charge in [-0.05, 0) is 25.0 Å². The molecule has 2 N–H and O–H groups in total. The second kappa shape index (κ2) is 3.55. The van der Waals surface area contributed by atoms with Crippen molar-refractivity contribution >= 4 is 5.57 Å². The molecule has 2 nitrogen and oxygen atoms in total. The van der Waals surface area contributed by atoms with Gasteiger partial charge in [0.2, 0.25) is 0 Å². The van der Waals surface area contributed by atoms with E-state index < -0.39 is 5.60 Å². The standard InChI is InChI=1S/C13H14O2/c1-13(15)9-5-8-11(14)12(13)10-6-3-2-4-7-10/h2-8,14-15H,9H2,1H3. The molecule has 0 saturated carbocycles. The maximum absolute atomic E-state index is 10.2. The fraction of sp³-hybridized carbons (Fsp3) is 0.231. The molecule has 0 radical (unpaired) electrons. The van der Waals surface area contributed by atoms with Crippen molar-refractivity contribution in [3.8, 4) is 0 Å². The number of aliphatic hydroxyl groups is 2. The molecular formula is C13H14O2. The lowest BCUT2D eigenvalue weighted by atomic mass is 9.83. The highest BCUT2D eigenvalue weighted by atomic mass is 16.3. The Labute approximate surface area is 89.2 Å². The molecule has 0 amide bonds. The monoisotopic (exact) mass is 202 g/mol. The van der Waals surface area contributed by atoms with Crippen LogP contribution in [0.25, 0.3) is 5.57 Å². The van der Waals surface area contributed by atoms with E-state index in [1.807, 2.05) is 30.3 Å². The summed E-state index contributed by atoms with van der Waals surface area (Å²) in [4.78, 5) is 0. The van der Waals surface area contributed by atoms with E-state index in [4.69, 9.17) is 0 Å². The normalized spacial score (nSPS) is 25.7. The van der Waals surface area contributed by atoms with Crippen LogP contribution >= 0.6 is 0 Å². The first kappa shape index (κ1) is 9.99. The zero-order valence-electron chi connectivity index (χ0n) is 8.64. The molecule has 1 atom stereocenters. The predicted octanol–water partition coefficient (Wildman–Crippen LogP) is 2.67. The number of allylic oxidation sites excluding steroid dienone is 1. The van der Waals surface area contributed by atoms with Crippen LogP contribution in [0, 0.1) is 0 Å². The van der Waals surface area contributed by atoms with E-state index in [9.17, 15) is 10.2 Å². The molecule has 0 saturated heterocycles. The number of hydrogen-bond acceptors (Lipinski definition) is 2. The Kier molecular flexibility index (Phi) is 2.37. The van der Waals surface area contributed by atoms with Crippen molar-refractivity contribution < 1.29 is 10.2 Å². The van der Waals surface area contributed by atoms with Crippen LogP contribution in [0.1, 0.15) is 18.9 Å². The van der Waals surface area contributed by atoms with Gasteiger partial charge in [0, 0.05) is 5.57 Å². The molecular weight excluding hydrogens is 188 g/mol. The van der Waals surface area contributed by atoms with Gasteiger partial charge in [-0.15, -0.1) is 0 Å². The quantitative estimate of drug-likeness (QED) is 0.735.